The molecule has 1 saturated heterocycles. The predicted octanol–water partition coefficient (Wildman–Crippen LogP) is 3.60. The van der Waals surface area contributed by atoms with Crippen LogP contribution in [0, 0.1) is 0 Å². The van der Waals surface area contributed by atoms with Crippen molar-refractivity contribution in [3.8, 4) is 16.9 Å². The van der Waals surface area contributed by atoms with Gasteiger partial charge in [0.1, 0.15) is 11.8 Å². The number of amides is 2. The molecule has 0 unspecified atom stereocenters. The Kier molecular flexibility index (Phi) is 7.03. The highest BCUT2D eigenvalue weighted by Gasteiger charge is 2.37. The predicted molar refractivity (Wildman–Crippen MR) is 128 cm³/mol. The largest absolute Gasteiger partial charge is 0.496 e. The average Bonchev–Trinajstić information content (AvgIpc) is 2.86. The molecule has 2 amide bonds. The molecule has 1 aromatic heterocycles. The molecule has 2 heterocycles. The quantitative estimate of drug-likeness (QED) is 0.560. The number of carbonyl (C=O) groups excluding carboxylic acids is 2. The van der Waals surface area contributed by atoms with E-state index >= 15 is 0 Å². The number of carbonyl (C=O) groups is 2. The molecule has 170 valence electrons. The maximum atomic E-state index is 13.4. The van der Waals surface area contributed by atoms with Gasteiger partial charge in [-0.1, -0.05) is 42.5 Å². The molecule has 1 aliphatic rings. The molecule has 0 aliphatic carbocycles. The lowest BCUT2D eigenvalue weighted by atomic mass is 9.93. The third-order valence-corrected chi connectivity index (χ3v) is 6.24. The van der Waals surface area contributed by atoms with Gasteiger partial charge in [0.15, 0.2) is 0 Å². The van der Waals surface area contributed by atoms with Crippen LogP contribution in [0.1, 0.15) is 18.1 Å². The number of nitrogens with zero attached hydrogens (tertiary/aromatic N) is 3. The number of pyridine rings is 1. The minimum absolute atomic E-state index is 0.00154. The smallest absolute Gasteiger partial charge is 0.245 e. The van der Waals surface area contributed by atoms with Crippen molar-refractivity contribution in [2.75, 3.05) is 26.7 Å². The first kappa shape index (κ1) is 22.5. The Labute approximate surface area is 194 Å². The zero-order valence-corrected chi connectivity index (χ0v) is 19.1. The Balaban J connectivity index is 1.64. The second kappa shape index (κ2) is 10.3. The SMILES string of the molecule is CCN1CCN(C(=O)Cc2ccccc2OC)[C@H](Cc2ccccc2-c2ccncc2)C1=O. The van der Waals surface area contributed by atoms with Crippen LogP contribution >= 0.6 is 0 Å². The molecule has 6 heteroatoms. The fraction of sp³-hybridized carbons (Fsp3) is 0.296. The van der Waals surface area contributed by atoms with Gasteiger partial charge in [-0.2, -0.15) is 0 Å². The zero-order chi connectivity index (χ0) is 23.2. The van der Waals surface area contributed by atoms with Gasteiger partial charge in [0.25, 0.3) is 0 Å². The van der Waals surface area contributed by atoms with E-state index < -0.39 is 6.04 Å². The molecule has 4 rings (SSSR count). The van der Waals surface area contributed by atoms with Crippen LogP contribution in [0.5, 0.6) is 5.75 Å². The van der Waals surface area contributed by atoms with Crippen molar-refractivity contribution in [1.82, 2.24) is 14.8 Å². The number of aromatic nitrogens is 1. The highest BCUT2D eigenvalue weighted by Crippen LogP contribution is 2.27. The molecule has 33 heavy (non-hydrogen) atoms. The zero-order valence-electron chi connectivity index (χ0n) is 19.1. The lowest BCUT2D eigenvalue weighted by molar-refractivity contribution is -0.150. The number of hydrogen-bond donors (Lipinski definition) is 0. The molecule has 0 spiro atoms. The molecular formula is C27H29N3O3. The first-order valence-corrected chi connectivity index (χ1v) is 11.3. The number of ether oxygens (including phenoxy) is 1. The fourth-order valence-corrected chi connectivity index (χ4v) is 4.48. The highest BCUT2D eigenvalue weighted by molar-refractivity contribution is 5.90. The number of piperazine rings is 1. The van der Waals surface area contributed by atoms with Gasteiger partial charge < -0.3 is 14.5 Å². The Morgan fingerprint density at radius 2 is 1.70 bits per heavy atom. The van der Waals surface area contributed by atoms with Crippen LogP contribution in [-0.4, -0.2) is 59.4 Å². The molecule has 0 radical (unpaired) electrons. The fourth-order valence-electron chi connectivity index (χ4n) is 4.48. The summed E-state index contributed by atoms with van der Waals surface area (Å²) in [6.07, 6.45) is 4.19. The van der Waals surface area contributed by atoms with Gasteiger partial charge in [-0.3, -0.25) is 14.6 Å². The lowest BCUT2D eigenvalue weighted by Gasteiger charge is -2.40. The normalized spacial score (nSPS) is 16.1. The Morgan fingerprint density at radius 3 is 2.42 bits per heavy atom. The van der Waals surface area contributed by atoms with Crippen molar-refractivity contribution in [1.29, 1.82) is 0 Å². The van der Waals surface area contributed by atoms with E-state index in [4.69, 9.17) is 4.74 Å². The van der Waals surface area contributed by atoms with Gasteiger partial charge >= 0.3 is 0 Å². The number of hydrogen-bond acceptors (Lipinski definition) is 4. The van der Waals surface area contributed by atoms with Crippen molar-refractivity contribution in [3.63, 3.8) is 0 Å². The van der Waals surface area contributed by atoms with E-state index in [-0.39, 0.29) is 18.2 Å². The van der Waals surface area contributed by atoms with E-state index in [9.17, 15) is 9.59 Å². The van der Waals surface area contributed by atoms with Crippen LogP contribution in [-0.2, 0) is 22.4 Å². The molecule has 6 nitrogen and oxygen atoms in total. The molecular weight excluding hydrogens is 414 g/mol. The first-order chi connectivity index (χ1) is 16.1. The highest BCUT2D eigenvalue weighted by atomic mass is 16.5. The Morgan fingerprint density at radius 1 is 1.00 bits per heavy atom. The number of para-hydroxylation sites is 1. The van der Waals surface area contributed by atoms with E-state index in [1.54, 1.807) is 24.4 Å². The van der Waals surface area contributed by atoms with Crippen molar-refractivity contribution < 1.29 is 14.3 Å². The van der Waals surface area contributed by atoms with E-state index in [1.807, 2.05) is 66.4 Å². The third kappa shape index (κ3) is 4.90. The summed E-state index contributed by atoms with van der Waals surface area (Å²) in [5.41, 5.74) is 3.96. The number of benzene rings is 2. The Hall–Kier alpha value is -3.67. The van der Waals surface area contributed by atoms with Gasteiger partial charge in [-0.15, -0.1) is 0 Å². The van der Waals surface area contributed by atoms with E-state index in [0.717, 1.165) is 22.3 Å². The van der Waals surface area contributed by atoms with Crippen LogP contribution in [0.25, 0.3) is 11.1 Å². The average molecular weight is 444 g/mol. The topological polar surface area (TPSA) is 62.7 Å². The molecule has 1 aliphatic heterocycles. The maximum absolute atomic E-state index is 13.4. The van der Waals surface area contributed by atoms with Crippen molar-refractivity contribution in [2.24, 2.45) is 0 Å². The summed E-state index contributed by atoms with van der Waals surface area (Å²) in [6.45, 7) is 3.69. The van der Waals surface area contributed by atoms with Crippen molar-refractivity contribution >= 4 is 11.8 Å². The molecule has 0 bridgehead atoms. The van der Waals surface area contributed by atoms with Crippen LogP contribution in [0.2, 0.25) is 0 Å². The van der Waals surface area contributed by atoms with Gasteiger partial charge in [-0.05, 0) is 41.8 Å². The van der Waals surface area contributed by atoms with Gasteiger partial charge in [0, 0.05) is 44.0 Å². The first-order valence-electron chi connectivity index (χ1n) is 11.3. The number of rotatable bonds is 7. The summed E-state index contributed by atoms with van der Waals surface area (Å²) in [5.74, 6) is 0.626. The summed E-state index contributed by atoms with van der Waals surface area (Å²) in [6, 6.07) is 19.0. The van der Waals surface area contributed by atoms with E-state index in [1.165, 1.54) is 0 Å². The summed E-state index contributed by atoms with van der Waals surface area (Å²) >= 11 is 0. The third-order valence-electron chi connectivity index (χ3n) is 6.24. The Bertz CT molecular complexity index is 1120. The minimum atomic E-state index is -0.538. The van der Waals surface area contributed by atoms with Crippen LogP contribution in [0.15, 0.2) is 73.1 Å². The molecule has 0 saturated carbocycles. The van der Waals surface area contributed by atoms with Gasteiger partial charge in [0.2, 0.25) is 11.8 Å². The molecule has 3 aromatic rings. The maximum Gasteiger partial charge on any atom is 0.245 e. The summed E-state index contributed by atoms with van der Waals surface area (Å²) in [4.78, 5) is 34.5. The molecule has 0 N–H and O–H groups in total. The standard InChI is InChI=1S/C27H29N3O3/c1-3-29-16-17-30(26(31)19-22-9-5-7-11-25(22)33-2)24(27(29)32)18-21-8-4-6-10-23(21)20-12-14-28-15-13-20/h4-15,24H,3,16-19H2,1-2H3/t24-/m1/s1. The van der Waals surface area contributed by atoms with Crippen LogP contribution in [0.4, 0.5) is 0 Å². The minimum Gasteiger partial charge on any atom is -0.496 e. The lowest BCUT2D eigenvalue weighted by Crippen LogP contribution is -2.59. The van der Waals surface area contributed by atoms with Crippen LogP contribution in [0.3, 0.4) is 0 Å². The second-order valence-corrected chi connectivity index (χ2v) is 8.11. The number of likely N-dealkylation sites (N-methyl/N-ethyl adjacent to an activating group) is 1. The van der Waals surface area contributed by atoms with Crippen molar-refractivity contribution in [3.05, 3.63) is 84.2 Å². The van der Waals surface area contributed by atoms with Gasteiger partial charge in [-0.25, -0.2) is 0 Å². The monoisotopic (exact) mass is 443 g/mol. The summed E-state index contributed by atoms with van der Waals surface area (Å²) < 4.78 is 5.43. The molecule has 2 aromatic carbocycles. The van der Waals surface area contributed by atoms with E-state index in [0.29, 0.717) is 31.8 Å². The number of methoxy groups -OCH3 is 1. The van der Waals surface area contributed by atoms with Gasteiger partial charge in [0.05, 0.1) is 13.5 Å². The van der Waals surface area contributed by atoms with E-state index in [2.05, 4.69) is 11.1 Å². The van der Waals surface area contributed by atoms with Crippen LogP contribution < -0.4 is 4.74 Å². The second-order valence-electron chi connectivity index (χ2n) is 8.11. The summed E-state index contributed by atoms with van der Waals surface area (Å²) in [7, 11) is 1.60. The summed E-state index contributed by atoms with van der Waals surface area (Å²) in [5, 5.41) is 0. The van der Waals surface area contributed by atoms with Crippen molar-refractivity contribution in [2.45, 2.75) is 25.8 Å². The molecule has 1 atom stereocenters. The molecule has 1 fully saturated rings.